The number of anilines is 1. The number of fused-ring (bicyclic) bond motifs is 1. The Morgan fingerprint density at radius 3 is 2.72 bits per heavy atom. The summed E-state index contributed by atoms with van der Waals surface area (Å²) in [5.74, 6) is -2.54. The summed E-state index contributed by atoms with van der Waals surface area (Å²) in [5.41, 5.74) is 1.54. The zero-order valence-electron chi connectivity index (χ0n) is 9.48. The number of rotatable bonds is 1. The number of aromatic nitrogens is 3. The van der Waals surface area contributed by atoms with E-state index in [1.165, 1.54) is 0 Å². The molecule has 2 aromatic rings. The number of pyridine rings is 1. The van der Waals surface area contributed by atoms with Crippen molar-refractivity contribution in [1.29, 1.82) is 0 Å². The predicted molar refractivity (Wildman–Crippen MR) is 67.1 cm³/mol. The van der Waals surface area contributed by atoms with E-state index in [0.717, 1.165) is 10.2 Å². The van der Waals surface area contributed by atoms with E-state index in [-0.39, 0.29) is 12.8 Å². The van der Waals surface area contributed by atoms with Gasteiger partial charge in [-0.1, -0.05) is 0 Å². The van der Waals surface area contributed by atoms with Crippen molar-refractivity contribution in [3.05, 3.63) is 23.1 Å². The zero-order valence-corrected chi connectivity index (χ0v) is 11.1. The molecule has 1 fully saturated rings. The van der Waals surface area contributed by atoms with Crippen LogP contribution in [0, 0.1) is 0 Å². The molecule has 18 heavy (non-hydrogen) atoms. The van der Waals surface area contributed by atoms with E-state index < -0.39 is 5.92 Å². The number of nitrogens with zero attached hydrogens (tertiary/aromatic N) is 4. The SMILES string of the molecule is FC1(F)CCN(c2cc(Br)cn3cnnc23)CC1. The summed E-state index contributed by atoms with van der Waals surface area (Å²) < 4.78 is 29.0. The second kappa shape index (κ2) is 4.15. The molecule has 0 amide bonds. The largest absolute Gasteiger partial charge is 0.368 e. The lowest BCUT2D eigenvalue weighted by Gasteiger charge is -2.33. The molecular weight excluding hydrogens is 306 g/mol. The molecule has 4 nitrogen and oxygen atoms in total. The first-order valence-electron chi connectivity index (χ1n) is 5.67. The van der Waals surface area contributed by atoms with Crippen LogP contribution in [0.5, 0.6) is 0 Å². The highest BCUT2D eigenvalue weighted by Crippen LogP contribution is 2.32. The Kier molecular flexibility index (Phi) is 2.73. The third-order valence-electron chi connectivity index (χ3n) is 3.17. The molecule has 0 N–H and O–H groups in total. The summed E-state index contributed by atoms with van der Waals surface area (Å²) in [4.78, 5) is 1.94. The van der Waals surface area contributed by atoms with Crippen LogP contribution in [0.4, 0.5) is 14.5 Å². The highest BCUT2D eigenvalue weighted by molar-refractivity contribution is 9.10. The van der Waals surface area contributed by atoms with Crippen LogP contribution in [0.25, 0.3) is 5.65 Å². The van der Waals surface area contributed by atoms with Crippen molar-refractivity contribution in [2.24, 2.45) is 0 Å². The molecule has 96 valence electrons. The van der Waals surface area contributed by atoms with E-state index in [2.05, 4.69) is 26.1 Å². The van der Waals surface area contributed by atoms with Crippen molar-refractivity contribution in [3.8, 4) is 0 Å². The van der Waals surface area contributed by atoms with Crippen molar-refractivity contribution in [1.82, 2.24) is 14.6 Å². The minimum absolute atomic E-state index is 0.111. The maximum absolute atomic E-state index is 13.2. The number of hydrogen-bond acceptors (Lipinski definition) is 3. The standard InChI is InChI=1S/C11H11BrF2N4/c12-8-5-9(10-16-15-7-18(10)6-8)17-3-1-11(13,14)2-4-17/h5-7H,1-4H2. The maximum Gasteiger partial charge on any atom is 0.251 e. The smallest absolute Gasteiger partial charge is 0.251 e. The van der Waals surface area contributed by atoms with Gasteiger partial charge in [0, 0.05) is 36.6 Å². The van der Waals surface area contributed by atoms with E-state index in [0.29, 0.717) is 18.7 Å². The Balaban J connectivity index is 1.97. The molecule has 0 unspecified atom stereocenters. The molecule has 0 radical (unpaired) electrons. The molecule has 0 saturated carbocycles. The van der Waals surface area contributed by atoms with Gasteiger partial charge in [0.25, 0.3) is 5.92 Å². The van der Waals surface area contributed by atoms with Crippen LogP contribution in [-0.2, 0) is 0 Å². The molecule has 2 aromatic heterocycles. The first-order valence-corrected chi connectivity index (χ1v) is 6.46. The van der Waals surface area contributed by atoms with E-state index in [4.69, 9.17) is 0 Å². The molecule has 3 rings (SSSR count). The third-order valence-corrected chi connectivity index (χ3v) is 3.61. The van der Waals surface area contributed by atoms with Gasteiger partial charge in [-0.3, -0.25) is 4.40 Å². The first kappa shape index (κ1) is 11.8. The molecule has 0 aliphatic carbocycles. The van der Waals surface area contributed by atoms with Gasteiger partial charge >= 0.3 is 0 Å². The van der Waals surface area contributed by atoms with Crippen LogP contribution in [0.3, 0.4) is 0 Å². The fourth-order valence-corrected chi connectivity index (χ4v) is 2.63. The number of halogens is 3. The Labute approximate surface area is 111 Å². The van der Waals surface area contributed by atoms with Gasteiger partial charge in [0.05, 0.1) is 5.69 Å². The normalized spacial score (nSPS) is 19.4. The van der Waals surface area contributed by atoms with Crippen LogP contribution < -0.4 is 4.90 Å². The lowest BCUT2D eigenvalue weighted by Crippen LogP contribution is -2.39. The van der Waals surface area contributed by atoms with Crippen molar-refractivity contribution >= 4 is 27.3 Å². The van der Waals surface area contributed by atoms with E-state index in [1.807, 2.05) is 17.2 Å². The quantitative estimate of drug-likeness (QED) is 0.811. The van der Waals surface area contributed by atoms with Crippen LogP contribution in [0.1, 0.15) is 12.8 Å². The molecule has 0 spiro atoms. The van der Waals surface area contributed by atoms with Crippen LogP contribution in [0.15, 0.2) is 23.1 Å². The fraction of sp³-hybridized carbons (Fsp3) is 0.455. The van der Waals surface area contributed by atoms with Gasteiger partial charge in [0.15, 0.2) is 5.65 Å². The predicted octanol–water partition coefficient (Wildman–Crippen LogP) is 2.73. The third kappa shape index (κ3) is 2.07. The average Bonchev–Trinajstić information content (AvgIpc) is 2.76. The Bertz CT molecular complexity index is 573. The Hall–Kier alpha value is -1.24. The van der Waals surface area contributed by atoms with Crippen molar-refractivity contribution in [2.75, 3.05) is 18.0 Å². The van der Waals surface area contributed by atoms with Gasteiger partial charge in [-0.2, -0.15) is 0 Å². The average molecular weight is 317 g/mol. The molecule has 0 bridgehead atoms. The molecular formula is C11H11BrF2N4. The molecule has 1 saturated heterocycles. The summed E-state index contributed by atoms with van der Waals surface area (Å²) in [6.07, 6.45) is 3.22. The Morgan fingerprint density at radius 2 is 2.00 bits per heavy atom. The van der Waals surface area contributed by atoms with Crippen LogP contribution in [-0.4, -0.2) is 33.6 Å². The van der Waals surface area contributed by atoms with Gasteiger partial charge < -0.3 is 4.90 Å². The van der Waals surface area contributed by atoms with Crippen molar-refractivity contribution < 1.29 is 8.78 Å². The van der Waals surface area contributed by atoms with E-state index >= 15 is 0 Å². The summed E-state index contributed by atoms with van der Waals surface area (Å²) in [5, 5.41) is 7.88. The number of hydrogen-bond donors (Lipinski definition) is 0. The van der Waals surface area contributed by atoms with Crippen LogP contribution >= 0.6 is 15.9 Å². The number of piperidine rings is 1. The van der Waals surface area contributed by atoms with Gasteiger partial charge in [-0.25, -0.2) is 8.78 Å². The molecule has 0 atom stereocenters. The molecule has 1 aliphatic heterocycles. The fourth-order valence-electron chi connectivity index (χ4n) is 2.19. The highest BCUT2D eigenvalue weighted by Gasteiger charge is 2.34. The second-order valence-electron chi connectivity index (χ2n) is 4.45. The molecule has 0 aromatic carbocycles. The highest BCUT2D eigenvalue weighted by atomic mass is 79.9. The summed E-state index contributed by atoms with van der Waals surface area (Å²) in [6.45, 7) is 0.679. The molecule has 7 heteroatoms. The minimum atomic E-state index is -2.54. The summed E-state index contributed by atoms with van der Waals surface area (Å²) >= 11 is 3.41. The van der Waals surface area contributed by atoms with Gasteiger partial charge in [0.2, 0.25) is 0 Å². The van der Waals surface area contributed by atoms with Gasteiger partial charge in [-0.05, 0) is 22.0 Å². The first-order chi connectivity index (χ1) is 8.55. The lowest BCUT2D eigenvalue weighted by molar-refractivity contribution is -0.0220. The van der Waals surface area contributed by atoms with E-state index in [1.54, 1.807) is 10.7 Å². The van der Waals surface area contributed by atoms with Gasteiger partial charge in [0.1, 0.15) is 6.33 Å². The van der Waals surface area contributed by atoms with E-state index in [9.17, 15) is 8.78 Å². The van der Waals surface area contributed by atoms with Gasteiger partial charge in [-0.15, -0.1) is 10.2 Å². The summed E-state index contributed by atoms with van der Waals surface area (Å²) in [7, 11) is 0. The number of alkyl halides is 2. The zero-order chi connectivity index (χ0) is 12.8. The van der Waals surface area contributed by atoms with Crippen molar-refractivity contribution in [2.45, 2.75) is 18.8 Å². The Morgan fingerprint density at radius 1 is 1.28 bits per heavy atom. The second-order valence-corrected chi connectivity index (χ2v) is 5.36. The lowest BCUT2D eigenvalue weighted by atomic mass is 10.1. The van der Waals surface area contributed by atoms with Crippen LogP contribution in [0.2, 0.25) is 0 Å². The van der Waals surface area contributed by atoms with Crippen molar-refractivity contribution in [3.63, 3.8) is 0 Å². The monoisotopic (exact) mass is 316 g/mol. The summed E-state index contributed by atoms with van der Waals surface area (Å²) in [6, 6.07) is 1.90. The topological polar surface area (TPSA) is 33.4 Å². The maximum atomic E-state index is 13.2. The molecule has 1 aliphatic rings. The molecule has 3 heterocycles. The minimum Gasteiger partial charge on any atom is -0.368 e.